The van der Waals surface area contributed by atoms with E-state index in [1.807, 2.05) is 6.20 Å². The number of aromatic nitrogens is 3. The maximum Gasteiger partial charge on any atom is 0.224 e. The average Bonchev–Trinajstić information content (AvgIpc) is 3.30. The molecule has 1 aliphatic carbocycles. The second kappa shape index (κ2) is 8.15. The van der Waals surface area contributed by atoms with Gasteiger partial charge in [0.2, 0.25) is 5.95 Å². The minimum absolute atomic E-state index is 0.136. The molecule has 148 valence electrons. The Morgan fingerprint density at radius 2 is 2.11 bits per heavy atom. The molecule has 6 nitrogen and oxygen atoms in total. The quantitative estimate of drug-likeness (QED) is 0.724. The van der Waals surface area contributed by atoms with E-state index in [2.05, 4.69) is 40.2 Å². The molecule has 0 bridgehead atoms. The number of nitrogens with one attached hydrogen (secondary N) is 2. The van der Waals surface area contributed by atoms with Crippen LogP contribution in [0.2, 0.25) is 0 Å². The molecule has 2 aromatic heterocycles. The maximum absolute atomic E-state index is 9.91. The van der Waals surface area contributed by atoms with Crippen molar-refractivity contribution in [3.63, 3.8) is 0 Å². The number of hydrogen-bond donors (Lipinski definition) is 3. The summed E-state index contributed by atoms with van der Waals surface area (Å²) < 4.78 is 2.38. The highest BCUT2D eigenvalue weighted by atomic mass is 16.3. The van der Waals surface area contributed by atoms with Crippen LogP contribution in [-0.4, -0.2) is 44.9 Å². The number of aliphatic hydroxyl groups is 1. The highest BCUT2D eigenvalue weighted by Gasteiger charge is 2.27. The van der Waals surface area contributed by atoms with E-state index in [0.717, 1.165) is 63.2 Å². The molecule has 1 saturated heterocycles. The first-order chi connectivity index (χ1) is 13.2. The highest BCUT2D eigenvalue weighted by Crippen LogP contribution is 2.36. The molecule has 0 unspecified atom stereocenters. The molecule has 27 heavy (non-hydrogen) atoms. The molecule has 0 amide bonds. The van der Waals surface area contributed by atoms with Crippen molar-refractivity contribution < 1.29 is 5.11 Å². The van der Waals surface area contributed by atoms with Crippen LogP contribution in [-0.2, 0) is 0 Å². The van der Waals surface area contributed by atoms with Crippen LogP contribution in [0.1, 0.15) is 76.3 Å². The Labute approximate surface area is 161 Å². The summed E-state index contributed by atoms with van der Waals surface area (Å²) in [5, 5.41) is 18.1. The fourth-order valence-electron chi connectivity index (χ4n) is 4.71. The fraction of sp³-hybridized carbons (Fsp3) is 0.714. The largest absolute Gasteiger partial charge is 0.393 e. The van der Waals surface area contributed by atoms with Crippen LogP contribution in [0.4, 0.5) is 5.95 Å². The Morgan fingerprint density at radius 1 is 1.30 bits per heavy atom. The van der Waals surface area contributed by atoms with E-state index < -0.39 is 0 Å². The van der Waals surface area contributed by atoms with Gasteiger partial charge in [-0.05, 0) is 63.5 Å². The lowest BCUT2D eigenvalue weighted by Gasteiger charge is -2.27. The molecular weight excluding hydrogens is 338 g/mol. The predicted octanol–water partition coefficient (Wildman–Crippen LogP) is 3.58. The van der Waals surface area contributed by atoms with Gasteiger partial charge in [0.05, 0.1) is 6.10 Å². The van der Waals surface area contributed by atoms with Crippen LogP contribution >= 0.6 is 0 Å². The molecule has 2 atom stereocenters. The third-order valence-corrected chi connectivity index (χ3v) is 6.26. The van der Waals surface area contributed by atoms with Gasteiger partial charge in [0.1, 0.15) is 5.65 Å². The monoisotopic (exact) mass is 371 g/mol. The van der Waals surface area contributed by atoms with Crippen molar-refractivity contribution in [2.75, 3.05) is 18.4 Å². The van der Waals surface area contributed by atoms with E-state index in [9.17, 15) is 5.11 Å². The summed E-state index contributed by atoms with van der Waals surface area (Å²) in [5.74, 6) is 1.28. The third-order valence-electron chi connectivity index (χ3n) is 6.26. The number of aliphatic hydroxyl groups excluding tert-OH is 1. The smallest absolute Gasteiger partial charge is 0.224 e. The van der Waals surface area contributed by atoms with E-state index in [1.54, 1.807) is 0 Å². The average molecular weight is 372 g/mol. The first kappa shape index (κ1) is 18.7. The zero-order chi connectivity index (χ0) is 18.8. The van der Waals surface area contributed by atoms with Gasteiger partial charge < -0.3 is 20.3 Å². The SMILES string of the molecule is CCC[C@H](C)Nc1ncc2c([C@@H]3CCNC3)cn(C3CCC(O)CC3)c2n1. The van der Waals surface area contributed by atoms with Gasteiger partial charge in [0.15, 0.2) is 0 Å². The van der Waals surface area contributed by atoms with Crippen LogP contribution in [0.3, 0.4) is 0 Å². The van der Waals surface area contributed by atoms with Gasteiger partial charge in [-0.25, -0.2) is 4.98 Å². The molecule has 1 aliphatic heterocycles. The van der Waals surface area contributed by atoms with E-state index in [4.69, 9.17) is 4.98 Å². The maximum atomic E-state index is 9.91. The summed E-state index contributed by atoms with van der Waals surface area (Å²) in [6.45, 7) is 6.51. The van der Waals surface area contributed by atoms with Gasteiger partial charge in [-0.3, -0.25) is 0 Å². The number of nitrogens with zero attached hydrogens (tertiary/aromatic N) is 3. The van der Waals surface area contributed by atoms with Gasteiger partial charge in [-0.2, -0.15) is 4.98 Å². The number of rotatable bonds is 6. The molecule has 4 rings (SSSR count). The lowest BCUT2D eigenvalue weighted by molar-refractivity contribution is 0.111. The lowest BCUT2D eigenvalue weighted by atomic mass is 9.93. The summed E-state index contributed by atoms with van der Waals surface area (Å²) in [5.41, 5.74) is 2.44. The normalized spacial score (nSPS) is 27.1. The van der Waals surface area contributed by atoms with E-state index in [1.165, 1.54) is 17.4 Å². The summed E-state index contributed by atoms with van der Waals surface area (Å²) >= 11 is 0. The zero-order valence-electron chi connectivity index (χ0n) is 16.6. The Hall–Kier alpha value is -1.66. The summed E-state index contributed by atoms with van der Waals surface area (Å²) in [7, 11) is 0. The van der Waals surface area contributed by atoms with Crippen molar-refractivity contribution in [2.45, 2.75) is 82.9 Å². The second-order valence-electron chi connectivity index (χ2n) is 8.41. The van der Waals surface area contributed by atoms with Gasteiger partial charge in [0.25, 0.3) is 0 Å². The lowest BCUT2D eigenvalue weighted by Crippen LogP contribution is -2.21. The molecule has 2 aliphatic rings. The van der Waals surface area contributed by atoms with Crippen LogP contribution in [0, 0.1) is 0 Å². The molecule has 0 radical (unpaired) electrons. The molecule has 2 aromatic rings. The van der Waals surface area contributed by atoms with Gasteiger partial charge in [-0.15, -0.1) is 0 Å². The number of anilines is 1. The van der Waals surface area contributed by atoms with Crippen molar-refractivity contribution >= 4 is 17.0 Å². The van der Waals surface area contributed by atoms with Crippen LogP contribution < -0.4 is 10.6 Å². The first-order valence-corrected chi connectivity index (χ1v) is 10.7. The third kappa shape index (κ3) is 3.97. The van der Waals surface area contributed by atoms with Gasteiger partial charge >= 0.3 is 0 Å². The Kier molecular flexibility index (Phi) is 5.64. The van der Waals surface area contributed by atoms with Crippen molar-refractivity contribution in [1.82, 2.24) is 19.9 Å². The van der Waals surface area contributed by atoms with E-state index in [0.29, 0.717) is 18.0 Å². The number of fused-ring (bicyclic) bond motifs is 1. The molecular formula is C21H33N5O. The Balaban J connectivity index is 1.69. The molecule has 3 heterocycles. The van der Waals surface area contributed by atoms with Crippen LogP contribution in [0.5, 0.6) is 0 Å². The standard InChI is InChI=1S/C21H33N5O/c1-3-4-14(2)24-21-23-12-18-19(15-9-10-22-11-15)13-26(20(18)25-21)16-5-7-17(27)8-6-16/h12-17,22,27H,3-11H2,1-2H3,(H,23,24,25)/t14-,15+,16?,17?/m0/s1. The second-order valence-corrected chi connectivity index (χ2v) is 8.41. The molecule has 0 aromatic carbocycles. The molecule has 3 N–H and O–H groups in total. The molecule has 6 heteroatoms. The first-order valence-electron chi connectivity index (χ1n) is 10.7. The van der Waals surface area contributed by atoms with Crippen molar-refractivity contribution in [2.24, 2.45) is 0 Å². The van der Waals surface area contributed by atoms with E-state index >= 15 is 0 Å². The van der Waals surface area contributed by atoms with Crippen LogP contribution in [0.15, 0.2) is 12.4 Å². The summed E-state index contributed by atoms with van der Waals surface area (Å²) in [4.78, 5) is 9.58. The van der Waals surface area contributed by atoms with E-state index in [-0.39, 0.29) is 6.10 Å². The predicted molar refractivity (Wildman–Crippen MR) is 109 cm³/mol. The molecule has 0 spiro atoms. The van der Waals surface area contributed by atoms with Gasteiger partial charge in [-0.1, -0.05) is 13.3 Å². The minimum atomic E-state index is -0.136. The highest BCUT2D eigenvalue weighted by molar-refractivity contribution is 5.81. The zero-order valence-corrected chi connectivity index (χ0v) is 16.6. The Morgan fingerprint density at radius 3 is 2.81 bits per heavy atom. The van der Waals surface area contributed by atoms with Crippen LogP contribution in [0.25, 0.3) is 11.0 Å². The van der Waals surface area contributed by atoms with Gasteiger partial charge in [0, 0.05) is 36.4 Å². The van der Waals surface area contributed by atoms with Crippen molar-refractivity contribution in [3.8, 4) is 0 Å². The summed E-state index contributed by atoms with van der Waals surface area (Å²) in [6, 6.07) is 0.800. The van der Waals surface area contributed by atoms with Crippen molar-refractivity contribution in [1.29, 1.82) is 0 Å². The Bertz CT molecular complexity index is 759. The van der Waals surface area contributed by atoms with Crippen molar-refractivity contribution in [3.05, 3.63) is 18.0 Å². The topological polar surface area (TPSA) is 75.0 Å². The fourth-order valence-corrected chi connectivity index (χ4v) is 4.71. The summed E-state index contributed by atoms with van der Waals surface area (Å²) in [6.07, 6.45) is 11.5. The minimum Gasteiger partial charge on any atom is -0.393 e. The number of hydrogen-bond acceptors (Lipinski definition) is 5. The molecule has 2 fully saturated rings. The molecule has 1 saturated carbocycles.